The van der Waals surface area contributed by atoms with E-state index in [9.17, 15) is 4.79 Å². The van der Waals surface area contributed by atoms with Gasteiger partial charge < -0.3 is 4.90 Å². The second kappa shape index (κ2) is 7.30. The molecule has 3 rings (SSSR count). The number of rotatable bonds is 5. The monoisotopic (exact) mass is 334 g/mol. The van der Waals surface area contributed by atoms with E-state index in [2.05, 4.69) is 41.3 Å². The van der Waals surface area contributed by atoms with Crippen LogP contribution in [0.3, 0.4) is 0 Å². The van der Waals surface area contributed by atoms with E-state index in [1.165, 1.54) is 5.56 Å². The number of hydrogen-bond acceptors (Lipinski definition) is 3. The van der Waals surface area contributed by atoms with E-state index in [-0.39, 0.29) is 11.9 Å². The van der Waals surface area contributed by atoms with Crippen molar-refractivity contribution in [3.63, 3.8) is 0 Å². The molecule has 0 N–H and O–H groups in total. The Labute approximate surface area is 147 Å². The Morgan fingerprint density at radius 3 is 2.48 bits per heavy atom. The number of benzene rings is 1. The number of nitrogens with zero attached hydrogens (tertiary/aromatic N) is 4. The van der Waals surface area contributed by atoms with Gasteiger partial charge >= 0.3 is 0 Å². The van der Waals surface area contributed by atoms with Crippen molar-refractivity contribution >= 4 is 5.91 Å². The maximum absolute atomic E-state index is 13.1. The second-order valence-corrected chi connectivity index (χ2v) is 6.09. The highest BCUT2D eigenvalue weighted by molar-refractivity contribution is 5.94. The molecular weight excluding hydrogens is 312 g/mol. The SMILES string of the molecule is CCN(C(=O)c1cnn(C)c1)C(c1ccc(C)cc1)c1cccnc1. The highest BCUT2D eigenvalue weighted by Crippen LogP contribution is 2.29. The number of hydrogen-bond donors (Lipinski definition) is 0. The van der Waals surface area contributed by atoms with Crippen LogP contribution in [-0.4, -0.2) is 32.1 Å². The van der Waals surface area contributed by atoms with Crippen LogP contribution in [0.1, 0.15) is 40.0 Å². The van der Waals surface area contributed by atoms with Crippen molar-refractivity contribution in [1.29, 1.82) is 0 Å². The molecule has 0 aliphatic carbocycles. The lowest BCUT2D eigenvalue weighted by atomic mass is 9.97. The molecule has 0 radical (unpaired) electrons. The largest absolute Gasteiger partial charge is 0.328 e. The van der Waals surface area contributed by atoms with Crippen LogP contribution in [-0.2, 0) is 7.05 Å². The van der Waals surface area contributed by atoms with Gasteiger partial charge in [-0.3, -0.25) is 14.5 Å². The van der Waals surface area contributed by atoms with Crippen LogP contribution >= 0.6 is 0 Å². The summed E-state index contributed by atoms with van der Waals surface area (Å²) in [6, 6.07) is 12.0. The molecule has 0 aliphatic rings. The van der Waals surface area contributed by atoms with Crippen LogP contribution in [0.4, 0.5) is 0 Å². The van der Waals surface area contributed by atoms with Gasteiger partial charge in [-0.1, -0.05) is 35.9 Å². The third-order valence-electron chi connectivity index (χ3n) is 4.26. The van der Waals surface area contributed by atoms with E-state index < -0.39 is 0 Å². The zero-order valence-corrected chi connectivity index (χ0v) is 14.8. The lowest BCUT2D eigenvalue weighted by Gasteiger charge is -2.31. The Bertz CT molecular complexity index is 840. The second-order valence-electron chi connectivity index (χ2n) is 6.09. The molecule has 0 spiro atoms. The van der Waals surface area contributed by atoms with E-state index in [4.69, 9.17) is 0 Å². The van der Waals surface area contributed by atoms with E-state index in [0.29, 0.717) is 12.1 Å². The third-order valence-corrected chi connectivity index (χ3v) is 4.26. The fourth-order valence-corrected chi connectivity index (χ4v) is 2.98. The van der Waals surface area contributed by atoms with E-state index in [1.807, 2.05) is 37.2 Å². The lowest BCUT2D eigenvalue weighted by molar-refractivity contribution is 0.0717. The summed E-state index contributed by atoms with van der Waals surface area (Å²) in [6.45, 7) is 4.63. The van der Waals surface area contributed by atoms with E-state index in [0.717, 1.165) is 11.1 Å². The van der Waals surface area contributed by atoms with Crippen LogP contribution in [0.5, 0.6) is 0 Å². The summed E-state index contributed by atoms with van der Waals surface area (Å²) < 4.78 is 1.64. The summed E-state index contributed by atoms with van der Waals surface area (Å²) >= 11 is 0. The predicted molar refractivity (Wildman–Crippen MR) is 97.2 cm³/mol. The number of carbonyl (C=O) groups excluding carboxylic acids is 1. The van der Waals surface area contributed by atoms with Gasteiger partial charge in [0.05, 0.1) is 17.8 Å². The molecule has 0 saturated carbocycles. The van der Waals surface area contributed by atoms with Gasteiger partial charge in [0.2, 0.25) is 0 Å². The summed E-state index contributed by atoms with van der Waals surface area (Å²) in [5.41, 5.74) is 3.84. The zero-order chi connectivity index (χ0) is 17.8. The molecule has 0 aliphatic heterocycles. The molecule has 1 unspecified atom stereocenters. The maximum atomic E-state index is 13.1. The molecule has 1 atom stereocenters. The van der Waals surface area contributed by atoms with Gasteiger partial charge in [-0.05, 0) is 31.0 Å². The Morgan fingerprint density at radius 2 is 1.92 bits per heavy atom. The topological polar surface area (TPSA) is 51.0 Å². The first kappa shape index (κ1) is 16.9. The number of aromatic nitrogens is 3. The molecule has 1 amide bonds. The number of aryl methyl sites for hydroxylation is 2. The highest BCUT2D eigenvalue weighted by Gasteiger charge is 2.27. The van der Waals surface area contributed by atoms with Gasteiger partial charge in [0.25, 0.3) is 5.91 Å². The van der Waals surface area contributed by atoms with Gasteiger partial charge in [-0.15, -0.1) is 0 Å². The van der Waals surface area contributed by atoms with Crippen LogP contribution in [0.15, 0.2) is 61.2 Å². The molecule has 5 heteroatoms. The molecule has 3 aromatic rings. The van der Waals surface area contributed by atoms with Gasteiger partial charge in [0, 0.05) is 32.2 Å². The molecule has 25 heavy (non-hydrogen) atoms. The third kappa shape index (κ3) is 3.60. The fourth-order valence-electron chi connectivity index (χ4n) is 2.98. The fraction of sp³-hybridized carbons (Fsp3) is 0.250. The summed E-state index contributed by atoms with van der Waals surface area (Å²) in [5, 5.41) is 4.13. The van der Waals surface area contributed by atoms with Crippen LogP contribution in [0.2, 0.25) is 0 Å². The Hall–Kier alpha value is -2.95. The normalized spacial score (nSPS) is 12.0. The first-order valence-electron chi connectivity index (χ1n) is 8.36. The minimum absolute atomic E-state index is 0.0370. The van der Waals surface area contributed by atoms with Crippen molar-refractivity contribution in [2.24, 2.45) is 7.05 Å². The van der Waals surface area contributed by atoms with Gasteiger partial charge in [0.1, 0.15) is 0 Å². The average Bonchev–Trinajstić information content (AvgIpc) is 3.07. The first-order valence-corrected chi connectivity index (χ1v) is 8.36. The van der Waals surface area contributed by atoms with Crippen LogP contribution in [0.25, 0.3) is 0 Å². The summed E-state index contributed by atoms with van der Waals surface area (Å²) in [6.07, 6.45) is 6.93. The number of amides is 1. The van der Waals surface area contributed by atoms with Crippen LogP contribution in [0, 0.1) is 6.92 Å². The summed E-state index contributed by atoms with van der Waals surface area (Å²) in [5.74, 6) is -0.0370. The van der Waals surface area contributed by atoms with E-state index >= 15 is 0 Å². The first-order chi connectivity index (χ1) is 12.1. The molecule has 1 aromatic carbocycles. The van der Waals surface area contributed by atoms with Gasteiger partial charge in [-0.25, -0.2) is 0 Å². The molecule has 0 fully saturated rings. The highest BCUT2D eigenvalue weighted by atomic mass is 16.2. The molecule has 0 bridgehead atoms. The predicted octanol–water partition coefficient (Wildman–Crippen LogP) is 3.38. The molecule has 2 heterocycles. The number of carbonyl (C=O) groups is 1. The van der Waals surface area contributed by atoms with Crippen LogP contribution < -0.4 is 0 Å². The zero-order valence-electron chi connectivity index (χ0n) is 14.8. The van der Waals surface area contributed by atoms with Crippen molar-refractivity contribution in [3.8, 4) is 0 Å². The molecule has 2 aromatic heterocycles. The molecule has 5 nitrogen and oxygen atoms in total. The Kier molecular flexibility index (Phi) is 4.93. The lowest BCUT2D eigenvalue weighted by Crippen LogP contribution is -2.35. The smallest absolute Gasteiger partial charge is 0.257 e. The molecule has 0 saturated heterocycles. The van der Waals surface area contributed by atoms with Crippen molar-refractivity contribution in [2.45, 2.75) is 19.9 Å². The van der Waals surface area contributed by atoms with E-state index in [1.54, 1.807) is 23.3 Å². The number of pyridine rings is 1. The van der Waals surface area contributed by atoms with Crippen molar-refractivity contribution < 1.29 is 4.79 Å². The average molecular weight is 334 g/mol. The maximum Gasteiger partial charge on any atom is 0.257 e. The standard InChI is InChI=1S/C20H22N4O/c1-4-24(20(25)18-13-22-23(3)14-18)19(17-6-5-11-21-12-17)16-9-7-15(2)8-10-16/h5-14,19H,4H2,1-3H3. The molecule has 128 valence electrons. The summed E-state index contributed by atoms with van der Waals surface area (Å²) in [4.78, 5) is 19.2. The van der Waals surface area contributed by atoms with Gasteiger partial charge in [-0.2, -0.15) is 5.10 Å². The van der Waals surface area contributed by atoms with Crippen molar-refractivity contribution in [2.75, 3.05) is 6.54 Å². The Balaban J connectivity index is 2.05. The Morgan fingerprint density at radius 1 is 1.16 bits per heavy atom. The molecular formula is C20H22N4O. The van der Waals surface area contributed by atoms with Crippen molar-refractivity contribution in [3.05, 3.63) is 83.4 Å². The van der Waals surface area contributed by atoms with Gasteiger partial charge in [0.15, 0.2) is 0 Å². The minimum atomic E-state index is -0.188. The van der Waals surface area contributed by atoms with Crippen molar-refractivity contribution in [1.82, 2.24) is 19.7 Å². The summed E-state index contributed by atoms with van der Waals surface area (Å²) in [7, 11) is 1.81. The minimum Gasteiger partial charge on any atom is -0.328 e. The quantitative estimate of drug-likeness (QED) is 0.719.